The molecule has 6 nitrogen and oxygen atoms in total. The van der Waals surface area contributed by atoms with Crippen molar-refractivity contribution in [3.63, 3.8) is 0 Å². The van der Waals surface area contributed by atoms with E-state index in [2.05, 4.69) is 93.7 Å². The van der Waals surface area contributed by atoms with Gasteiger partial charge in [0.15, 0.2) is 6.10 Å². The molecule has 0 aromatic carbocycles. The first-order valence-corrected chi connectivity index (χ1v) is 31.0. The maximum absolute atomic E-state index is 12.9. The Morgan fingerprint density at radius 3 is 0.847 bits per heavy atom. The van der Waals surface area contributed by atoms with Crippen molar-refractivity contribution in [1.82, 2.24) is 0 Å². The smallest absolute Gasteiger partial charge is 0.306 e. The van der Waals surface area contributed by atoms with Crippen LogP contribution in [0.15, 0.2) is 72.9 Å². The molecule has 0 bridgehead atoms. The largest absolute Gasteiger partial charge is 0.462 e. The van der Waals surface area contributed by atoms with Gasteiger partial charge in [0.2, 0.25) is 0 Å². The molecule has 0 aliphatic heterocycles. The minimum atomic E-state index is -0.793. The number of hydrogen-bond acceptors (Lipinski definition) is 6. The molecule has 1 unspecified atom stereocenters. The Hall–Kier alpha value is -3.15. The number of unbranched alkanes of at least 4 members (excludes halogenated alkanes) is 36. The Balaban J connectivity index is 4.43. The number of rotatable bonds is 56. The lowest BCUT2D eigenvalue weighted by molar-refractivity contribution is -0.167. The third kappa shape index (κ3) is 57.7. The SMILES string of the molecule is CCCCC\C=C/C=C\C=C/C=C\CCCCCCCC(=O)OC(COC(=O)CCCCCCCCC/C=C\CCCCCCCC)COC(=O)CCCCCCCCC/C=C\CCCCCCCCCC. The van der Waals surface area contributed by atoms with Crippen molar-refractivity contribution < 1.29 is 28.6 Å². The fourth-order valence-electron chi connectivity index (χ4n) is 8.80. The number of allylic oxidation sites excluding steroid dienone is 12. The first-order chi connectivity index (χ1) is 35.5. The molecule has 6 heteroatoms. The highest BCUT2D eigenvalue weighted by Gasteiger charge is 2.19. The molecule has 0 radical (unpaired) electrons. The molecule has 72 heavy (non-hydrogen) atoms. The quantitative estimate of drug-likeness (QED) is 0.0199. The van der Waals surface area contributed by atoms with Gasteiger partial charge in [-0.2, -0.15) is 0 Å². The number of esters is 3. The van der Waals surface area contributed by atoms with Gasteiger partial charge in [-0.25, -0.2) is 0 Å². The van der Waals surface area contributed by atoms with Crippen LogP contribution in [0.2, 0.25) is 0 Å². The monoisotopic (exact) mass is 1000 g/mol. The van der Waals surface area contributed by atoms with E-state index in [1.54, 1.807) is 0 Å². The second-order valence-electron chi connectivity index (χ2n) is 20.7. The van der Waals surface area contributed by atoms with E-state index in [1.807, 2.05) is 0 Å². The van der Waals surface area contributed by atoms with Crippen LogP contribution in [0.1, 0.15) is 310 Å². The minimum absolute atomic E-state index is 0.0878. The Kier molecular flexibility index (Phi) is 57.8. The maximum atomic E-state index is 12.9. The van der Waals surface area contributed by atoms with Gasteiger partial charge < -0.3 is 14.2 Å². The Morgan fingerprint density at radius 2 is 0.514 bits per heavy atom. The molecule has 0 N–H and O–H groups in total. The van der Waals surface area contributed by atoms with Gasteiger partial charge in [0.1, 0.15) is 13.2 Å². The van der Waals surface area contributed by atoms with Crippen LogP contribution in [-0.2, 0) is 28.6 Å². The summed E-state index contributed by atoms with van der Waals surface area (Å²) >= 11 is 0. The Bertz CT molecular complexity index is 1340. The zero-order valence-electron chi connectivity index (χ0n) is 47.7. The Labute approximate surface area is 446 Å². The predicted molar refractivity (Wildman–Crippen MR) is 311 cm³/mol. The molecule has 0 aromatic heterocycles. The molecule has 1 atom stereocenters. The minimum Gasteiger partial charge on any atom is -0.462 e. The van der Waals surface area contributed by atoms with E-state index < -0.39 is 6.10 Å². The first-order valence-electron chi connectivity index (χ1n) is 31.0. The molecule has 416 valence electrons. The maximum Gasteiger partial charge on any atom is 0.306 e. The number of carbonyl (C=O) groups excluding carboxylic acids is 3. The van der Waals surface area contributed by atoms with E-state index in [-0.39, 0.29) is 31.1 Å². The van der Waals surface area contributed by atoms with Crippen molar-refractivity contribution in [3.8, 4) is 0 Å². The van der Waals surface area contributed by atoms with Crippen molar-refractivity contribution in [2.45, 2.75) is 316 Å². The summed E-state index contributed by atoms with van der Waals surface area (Å²) in [6.45, 7) is 6.60. The molecule has 0 amide bonds. The third-order valence-electron chi connectivity index (χ3n) is 13.5. The second-order valence-corrected chi connectivity index (χ2v) is 20.7. The summed E-state index contributed by atoms with van der Waals surface area (Å²) in [5.74, 6) is -0.907. The summed E-state index contributed by atoms with van der Waals surface area (Å²) in [7, 11) is 0. The summed E-state index contributed by atoms with van der Waals surface area (Å²) in [6, 6.07) is 0. The number of carbonyl (C=O) groups is 3. The van der Waals surface area contributed by atoms with Crippen LogP contribution in [0.5, 0.6) is 0 Å². The molecule has 0 fully saturated rings. The lowest BCUT2D eigenvalue weighted by Crippen LogP contribution is -2.30. The molecule has 0 rings (SSSR count). The molecule has 0 heterocycles. The summed E-state index contributed by atoms with van der Waals surface area (Å²) < 4.78 is 16.9. The normalized spacial score (nSPS) is 12.5. The summed E-state index contributed by atoms with van der Waals surface area (Å²) in [5, 5.41) is 0. The topological polar surface area (TPSA) is 78.9 Å². The van der Waals surface area contributed by atoms with Crippen molar-refractivity contribution in [3.05, 3.63) is 72.9 Å². The van der Waals surface area contributed by atoms with Crippen LogP contribution in [0, 0.1) is 0 Å². The van der Waals surface area contributed by atoms with Crippen molar-refractivity contribution in [2.24, 2.45) is 0 Å². The predicted octanol–water partition coefficient (Wildman–Crippen LogP) is 20.9. The van der Waals surface area contributed by atoms with Gasteiger partial charge in [0.25, 0.3) is 0 Å². The van der Waals surface area contributed by atoms with Gasteiger partial charge in [-0.15, -0.1) is 0 Å². The van der Waals surface area contributed by atoms with Crippen LogP contribution < -0.4 is 0 Å². The van der Waals surface area contributed by atoms with Crippen LogP contribution >= 0.6 is 0 Å². The molecular weight excluding hydrogens is 889 g/mol. The van der Waals surface area contributed by atoms with E-state index in [4.69, 9.17) is 14.2 Å². The Morgan fingerprint density at radius 1 is 0.278 bits per heavy atom. The fraction of sp³-hybridized carbons (Fsp3) is 0.773. The van der Waals surface area contributed by atoms with E-state index in [1.165, 1.54) is 186 Å². The highest BCUT2D eigenvalue weighted by molar-refractivity contribution is 5.71. The lowest BCUT2D eigenvalue weighted by Gasteiger charge is -2.18. The summed E-state index contributed by atoms with van der Waals surface area (Å²) in [6.07, 6.45) is 77.5. The van der Waals surface area contributed by atoms with Crippen molar-refractivity contribution in [1.29, 1.82) is 0 Å². The van der Waals surface area contributed by atoms with Gasteiger partial charge in [-0.05, 0) is 96.3 Å². The average molecular weight is 1010 g/mol. The number of hydrogen-bond donors (Lipinski definition) is 0. The molecular formula is C66H116O6. The van der Waals surface area contributed by atoms with Crippen LogP contribution in [0.3, 0.4) is 0 Å². The first kappa shape index (κ1) is 68.8. The zero-order chi connectivity index (χ0) is 52.2. The van der Waals surface area contributed by atoms with E-state index in [0.29, 0.717) is 19.3 Å². The van der Waals surface area contributed by atoms with Crippen LogP contribution in [0.4, 0.5) is 0 Å². The average Bonchev–Trinajstić information content (AvgIpc) is 3.38. The van der Waals surface area contributed by atoms with Crippen molar-refractivity contribution in [2.75, 3.05) is 13.2 Å². The third-order valence-corrected chi connectivity index (χ3v) is 13.5. The summed E-state index contributed by atoms with van der Waals surface area (Å²) in [5.41, 5.74) is 0. The van der Waals surface area contributed by atoms with Gasteiger partial charge in [-0.3, -0.25) is 14.4 Å². The van der Waals surface area contributed by atoms with Crippen molar-refractivity contribution >= 4 is 17.9 Å². The second kappa shape index (κ2) is 60.4. The molecule has 0 saturated heterocycles. The highest BCUT2D eigenvalue weighted by Crippen LogP contribution is 2.16. The van der Waals surface area contributed by atoms with Gasteiger partial charge in [0.05, 0.1) is 0 Å². The molecule has 0 saturated carbocycles. The van der Waals surface area contributed by atoms with Crippen LogP contribution in [-0.4, -0.2) is 37.2 Å². The van der Waals surface area contributed by atoms with E-state index >= 15 is 0 Å². The van der Waals surface area contributed by atoms with Gasteiger partial charge in [0, 0.05) is 19.3 Å². The lowest BCUT2D eigenvalue weighted by atomic mass is 10.1. The molecule has 0 aliphatic rings. The zero-order valence-corrected chi connectivity index (χ0v) is 47.7. The van der Waals surface area contributed by atoms with Crippen LogP contribution in [0.25, 0.3) is 0 Å². The molecule has 0 aliphatic carbocycles. The highest BCUT2D eigenvalue weighted by atomic mass is 16.6. The summed E-state index contributed by atoms with van der Waals surface area (Å²) in [4.78, 5) is 38.3. The molecule has 0 aromatic rings. The van der Waals surface area contributed by atoms with E-state index in [0.717, 1.165) is 83.5 Å². The van der Waals surface area contributed by atoms with E-state index in [9.17, 15) is 14.4 Å². The standard InChI is InChI=1S/C66H116O6/c1-4-7-10-13-16-19-22-25-28-31-33-36-38-41-44-47-50-53-56-59-65(68)71-62-63(61-70-64(67)58-55-52-49-46-43-40-37-34-30-27-24-21-18-15-12-9-6-3)72-66(69)60-57-54-51-48-45-42-39-35-32-29-26-23-20-17-14-11-8-5-2/h17,20,23,26-27,29-33,35,39,63H,4-16,18-19,21-22,24-25,28,34,36-38,40-62H2,1-3H3/b20-17-,26-23-,30-27-,32-29-,33-31-,39-35-. The number of ether oxygens (including phenoxy) is 3. The van der Waals surface area contributed by atoms with Gasteiger partial charge >= 0.3 is 17.9 Å². The molecule has 0 spiro atoms. The fourth-order valence-corrected chi connectivity index (χ4v) is 8.80. The van der Waals surface area contributed by atoms with Gasteiger partial charge in [-0.1, -0.05) is 267 Å².